The summed E-state index contributed by atoms with van der Waals surface area (Å²) in [7, 11) is -3.61. The molecule has 20 heavy (non-hydrogen) atoms. The number of rotatable bonds is 7. The summed E-state index contributed by atoms with van der Waals surface area (Å²) in [5.41, 5.74) is 6.07. The minimum atomic E-state index is -3.61. The van der Waals surface area contributed by atoms with E-state index in [0.717, 1.165) is 19.3 Å². The molecule has 0 radical (unpaired) electrons. The Labute approximate surface area is 127 Å². The topological polar surface area (TPSA) is 63.4 Å². The third-order valence-corrected chi connectivity index (χ3v) is 5.66. The van der Waals surface area contributed by atoms with E-state index in [9.17, 15) is 8.42 Å². The first-order valence-electron chi connectivity index (χ1n) is 6.87. The van der Waals surface area contributed by atoms with Crippen molar-refractivity contribution in [1.29, 1.82) is 0 Å². The minimum Gasteiger partial charge on any atom is -0.399 e. The average molecular weight is 319 g/mol. The molecule has 6 heteroatoms. The van der Waals surface area contributed by atoms with Crippen LogP contribution in [-0.4, -0.2) is 25.3 Å². The fraction of sp³-hybridized carbons (Fsp3) is 0.571. The fourth-order valence-corrected chi connectivity index (χ4v) is 4.20. The Kier molecular flexibility index (Phi) is 6.30. The van der Waals surface area contributed by atoms with Crippen molar-refractivity contribution < 1.29 is 8.42 Å². The van der Waals surface area contributed by atoms with Gasteiger partial charge in [0.25, 0.3) is 0 Å². The van der Waals surface area contributed by atoms with Gasteiger partial charge in [-0.3, -0.25) is 0 Å². The van der Waals surface area contributed by atoms with E-state index in [-0.39, 0.29) is 16.0 Å². The lowest BCUT2D eigenvalue weighted by Crippen LogP contribution is -2.37. The zero-order valence-corrected chi connectivity index (χ0v) is 13.8. The molecule has 0 bridgehead atoms. The predicted octanol–water partition coefficient (Wildman–Crippen LogP) is 3.51. The lowest BCUT2D eigenvalue weighted by atomic mass is 10.2. The predicted molar refractivity (Wildman–Crippen MR) is 84.4 cm³/mol. The Bertz CT molecular complexity index is 544. The van der Waals surface area contributed by atoms with Crippen molar-refractivity contribution in [3.63, 3.8) is 0 Å². The quantitative estimate of drug-likeness (QED) is 0.618. The van der Waals surface area contributed by atoms with E-state index in [2.05, 4.69) is 6.92 Å². The molecule has 0 aromatic heterocycles. The van der Waals surface area contributed by atoms with Gasteiger partial charge in [0.05, 0.1) is 5.02 Å². The highest BCUT2D eigenvalue weighted by atomic mass is 35.5. The molecule has 0 unspecified atom stereocenters. The van der Waals surface area contributed by atoms with E-state index in [1.54, 1.807) is 6.07 Å². The van der Waals surface area contributed by atoms with Crippen LogP contribution in [0.5, 0.6) is 0 Å². The highest BCUT2D eigenvalue weighted by molar-refractivity contribution is 7.89. The monoisotopic (exact) mass is 318 g/mol. The molecule has 1 rings (SSSR count). The summed E-state index contributed by atoms with van der Waals surface area (Å²) in [6, 6.07) is 4.42. The molecule has 1 aromatic carbocycles. The zero-order valence-electron chi connectivity index (χ0n) is 12.3. The van der Waals surface area contributed by atoms with Gasteiger partial charge in [-0.1, -0.05) is 31.4 Å². The molecule has 0 atom stereocenters. The Hall–Kier alpha value is -0.780. The Morgan fingerprint density at radius 3 is 2.50 bits per heavy atom. The molecule has 0 aliphatic rings. The van der Waals surface area contributed by atoms with Gasteiger partial charge in [0.2, 0.25) is 10.0 Å². The second-order valence-electron chi connectivity index (χ2n) is 5.11. The first kappa shape index (κ1) is 17.3. The molecule has 0 heterocycles. The summed E-state index contributed by atoms with van der Waals surface area (Å²) in [5.74, 6) is 0. The van der Waals surface area contributed by atoms with Crippen molar-refractivity contribution in [3.05, 3.63) is 23.2 Å². The second kappa shape index (κ2) is 7.29. The minimum absolute atomic E-state index is 0.0874. The number of benzene rings is 1. The number of nitrogens with two attached hydrogens (primary N) is 1. The van der Waals surface area contributed by atoms with Crippen LogP contribution in [0.2, 0.25) is 5.02 Å². The Morgan fingerprint density at radius 2 is 1.95 bits per heavy atom. The van der Waals surface area contributed by atoms with Crippen molar-refractivity contribution in [3.8, 4) is 0 Å². The van der Waals surface area contributed by atoms with Crippen molar-refractivity contribution in [2.24, 2.45) is 0 Å². The van der Waals surface area contributed by atoms with E-state index in [0.29, 0.717) is 12.2 Å². The van der Waals surface area contributed by atoms with Gasteiger partial charge in [-0.2, -0.15) is 4.31 Å². The zero-order chi connectivity index (χ0) is 15.3. The van der Waals surface area contributed by atoms with E-state index >= 15 is 0 Å². The molecule has 0 spiro atoms. The summed E-state index contributed by atoms with van der Waals surface area (Å²) in [6.07, 6.45) is 2.89. The van der Waals surface area contributed by atoms with Gasteiger partial charge in [-0.25, -0.2) is 8.42 Å². The van der Waals surface area contributed by atoms with Gasteiger partial charge in [0, 0.05) is 18.3 Å². The van der Waals surface area contributed by atoms with Crippen LogP contribution >= 0.6 is 11.6 Å². The molecule has 0 saturated carbocycles. The van der Waals surface area contributed by atoms with E-state index in [1.165, 1.54) is 16.4 Å². The van der Waals surface area contributed by atoms with Crippen LogP contribution < -0.4 is 5.73 Å². The summed E-state index contributed by atoms with van der Waals surface area (Å²) in [5, 5.41) is 0.209. The molecule has 1 aromatic rings. The van der Waals surface area contributed by atoms with Crippen molar-refractivity contribution in [2.45, 2.75) is 51.0 Å². The van der Waals surface area contributed by atoms with Crippen LogP contribution in [-0.2, 0) is 10.0 Å². The largest absolute Gasteiger partial charge is 0.399 e. The average Bonchev–Trinajstić information content (AvgIpc) is 2.36. The number of unbranched alkanes of at least 4 members (excludes halogenated alkanes) is 2. The smallest absolute Gasteiger partial charge is 0.244 e. The SMILES string of the molecule is CCCCCN(C(C)C)S(=O)(=O)c1cc(N)ccc1Cl. The third kappa shape index (κ3) is 4.11. The molecule has 0 saturated heterocycles. The van der Waals surface area contributed by atoms with E-state index in [1.807, 2.05) is 13.8 Å². The van der Waals surface area contributed by atoms with Crippen molar-refractivity contribution in [1.82, 2.24) is 4.31 Å². The van der Waals surface area contributed by atoms with Gasteiger partial charge in [-0.15, -0.1) is 0 Å². The van der Waals surface area contributed by atoms with Crippen LogP contribution in [0.1, 0.15) is 40.0 Å². The number of hydrogen-bond donors (Lipinski definition) is 1. The standard InChI is InChI=1S/C14H23ClN2O2S/c1-4-5-6-9-17(11(2)3)20(18,19)14-10-12(16)7-8-13(14)15/h7-8,10-11H,4-6,9,16H2,1-3H3. The van der Waals surface area contributed by atoms with E-state index < -0.39 is 10.0 Å². The maximum atomic E-state index is 12.7. The lowest BCUT2D eigenvalue weighted by Gasteiger charge is -2.26. The normalized spacial score (nSPS) is 12.3. The molecule has 114 valence electrons. The Morgan fingerprint density at radius 1 is 1.30 bits per heavy atom. The summed E-state index contributed by atoms with van der Waals surface area (Å²) >= 11 is 6.03. The highest BCUT2D eigenvalue weighted by Gasteiger charge is 2.28. The molecular weight excluding hydrogens is 296 g/mol. The van der Waals surface area contributed by atoms with Crippen LogP contribution in [0.15, 0.2) is 23.1 Å². The molecule has 0 fully saturated rings. The molecule has 4 nitrogen and oxygen atoms in total. The van der Waals surface area contributed by atoms with E-state index in [4.69, 9.17) is 17.3 Å². The number of sulfonamides is 1. The fourth-order valence-electron chi connectivity index (χ4n) is 2.02. The molecule has 0 aliphatic carbocycles. The summed E-state index contributed by atoms with van der Waals surface area (Å²) in [4.78, 5) is 0.0874. The number of halogens is 1. The second-order valence-corrected chi connectivity index (χ2v) is 7.37. The number of anilines is 1. The van der Waals surface area contributed by atoms with Gasteiger partial charge >= 0.3 is 0 Å². The van der Waals surface area contributed by atoms with Gasteiger partial charge in [0.15, 0.2) is 0 Å². The molecule has 2 N–H and O–H groups in total. The number of hydrogen-bond acceptors (Lipinski definition) is 3. The van der Waals surface area contributed by atoms with Crippen LogP contribution in [0, 0.1) is 0 Å². The maximum Gasteiger partial charge on any atom is 0.244 e. The number of nitrogen functional groups attached to an aromatic ring is 1. The first-order chi connectivity index (χ1) is 9.30. The van der Waals surface area contributed by atoms with Gasteiger partial charge in [0.1, 0.15) is 4.90 Å². The van der Waals surface area contributed by atoms with Crippen LogP contribution in [0.25, 0.3) is 0 Å². The summed E-state index contributed by atoms with van der Waals surface area (Å²) in [6.45, 7) is 6.31. The number of nitrogens with zero attached hydrogens (tertiary/aromatic N) is 1. The molecule has 0 aliphatic heterocycles. The van der Waals surface area contributed by atoms with Crippen LogP contribution in [0.3, 0.4) is 0 Å². The Balaban J connectivity index is 3.12. The lowest BCUT2D eigenvalue weighted by molar-refractivity contribution is 0.345. The highest BCUT2D eigenvalue weighted by Crippen LogP contribution is 2.28. The first-order valence-corrected chi connectivity index (χ1v) is 8.69. The third-order valence-electron chi connectivity index (χ3n) is 3.10. The van der Waals surface area contributed by atoms with Crippen LogP contribution in [0.4, 0.5) is 5.69 Å². The van der Waals surface area contributed by atoms with Crippen molar-refractivity contribution >= 4 is 27.3 Å². The maximum absolute atomic E-state index is 12.7. The van der Waals surface area contributed by atoms with Crippen molar-refractivity contribution in [2.75, 3.05) is 12.3 Å². The molecule has 0 amide bonds. The molecular formula is C14H23ClN2O2S. The summed E-state index contributed by atoms with van der Waals surface area (Å²) < 4.78 is 26.9. The van der Waals surface area contributed by atoms with Gasteiger partial charge < -0.3 is 5.73 Å². The van der Waals surface area contributed by atoms with Gasteiger partial charge in [-0.05, 0) is 38.5 Å².